The van der Waals surface area contributed by atoms with Crippen molar-refractivity contribution in [3.05, 3.63) is 53.2 Å². The van der Waals surface area contributed by atoms with Crippen LogP contribution < -0.4 is 0 Å². The smallest absolute Gasteiger partial charge is 0.239 e. The fourth-order valence-corrected chi connectivity index (χ4v) is 2.75. The molecule has 2 heterocycles. The molecule has 3 rings (SSSR count). The largest absolute Gasteiger partial charge is 0.338 e. The molecule has 0 aliphatic heterocycles. The van der Waals surface area contributed by atoms with Crippen molar-refractivity contribution in [3.8, 4) is 0 Å². The zero-order chi connectivity index (χ0) is 17.8. The van der Waals surface area contributed by atoms with Crippen molar-refractivity contribution in [2.75, 3.05) is 0 Å². The number of hydrogen-bond donors (Lipinski definition) is 1. The number of benzene rings is 1. The summed E-state index contributed by atoms with van der Waals surface area (Å²) in [5, 5.41) is 11.5. The van der Waals surface area contributed by atoms with E-state index in [-0.39, 0.29) is 17.0 Å². The predicted octanol–water partition coefficient (Wildman–Crippen LogP) is 4.47. The predicted molar refractivity (Wildman–Crippen MR) is 94.4 cm³/mol. The number of H-pyrrole nitrogens is 1. The molecule has 0 aliphatic rings. The quantitative estimate of drug-likeness (QED) is 0.654. The van der Waals surface area contributed by atoms with Gasteiger partial charge < -0.3 is 4.52 Å². The Morgan fingerprint density at radius 3 is 2.56 bits per heavy atom. The highest BCUT2D eigenvalue weighted by atomic mass is 32.2. The van der Waals surface area contributed by atoms with Gasteiger partial charge in [-0.25, -0.2) is 9.37 Å². The molecular formula is C17H18FN5OS. The number of halogens is 1. The first-order chi connectivity index (χ1) is 12.0. The molecule has 0 aliphatic carbocycles. The minimum atomic E-state index is -0.258. The molecule has 3 aromatic rings. The molecule has 0 spiro atoms. The Labute approximate surface area is 149 Å². The van der Waals surface area contributed by atoms with E-state index in [2.05, 4.69) is 25.3 Å². The number of nitrogens with one attached hydrogen (secondary N) is 1. The Morgan fingerprint density at radius 1 is 1.12 bits per heavy atom. The van der Waals surface area contributed by atoms with Gasteiger partial charge in [0.1, 0.15) is 11.6 Å². The van der Waals surface area contributed by atoms with Crippen molar-refractivity contribution < 1.29 is 8.91 Å². The zero-order valence-corrected chi connectivity index (χ0v) is 14.9. The number of nitrogens with zero attached hydrogens (tertiary/aromatic N) is 4. The Balaban J connectivity index is 1.63. The van der Waals surface area contributed by atoms with Crippen molar-refractivity contribution in [1.82, 2.24) is 25.3 Å². The molecule has 1 atom stereocenters. The van der Waals surface area contributed by atoms with Crippen LogP contribution in [0.5, 0.6) is 0 Å². The van der Waals surface area contributed by atoms with Crippen LogP contribution in [0.25, 0.3) is 12.2 Å². The second kappa shape index (κ2) is 7.60. The molecule has 8 heteroatoms. The van der Waals surface area contributed by atoms with E-state index in [4.69, 9.17) is 4.52 Å². The minimum absolute atomic E-state index is 0.0512. The molecule has 1 N–H and O–H groups in total. The number of hydrogen-bond acceptors (Lipinski definition) is 6. The summed E-state index contributed by atoms with van der Waals surface area (Å²) in [7, 11) is 0. The van der Waals surface area contributed by atoms with E-state index >= 15 is 0 Å². The first kappa shape index (κ1) is 17.3. The Hall–Kier alpha value is -2.48. The van der Waals surface area contributed by atoms with Crippen molar-refractivity contribution in [2.24, 2.45) is 0 Å². The Kier molecular flexibility index (Phi) is 5.28. The van der Waals surface area contributed by atoms with Crippen molar-refractivity contribution >= 4 is 23.9 Å². The first-order valence-corrected chi connectivity index (χ1v) is 8.75. The van der Waals surface area contributed by atoms with Gasteiger partial charge in [0.15, 0.2) is 5.82 Å². The van der Waals surface area contributed by atoms with Gasteiger partial charge in [-0.05, 0) is 30.7 Å². The van der Waals surface area contributed by atoms with E-state index in [1.165, 1.54) is 23.9 Å². The lowest BCUT2D eigenvalue weighted by Crippen LogP contribution is -1.93. The van der Waals surface area contributed by atoms with Crippen molar-refractivity contribution in [1.29, 1.82) is 0 Å². The average molecular weight is 359 g/mol. The van der Waals surface area contributed by atoms with E-state index in [0.29, 0.717) is 22.7 Å². The summed E-state index contributed by atoms with van der Waals surface area (Å²) in [5.41, 5.74) is 0.882. The normalized spacial score (nSPS) is 13.0. The molecule has 0 amide bonds. The van der Waals surface area contributed by atoms with E-state index in [9.17, 15) is 4.39 Å². The average Bonchev–Trinajstić information content (AvgIpc) is 3.24. The highest BCUT2D eigenvalue weighted by Gasteiger charge is 2.18. The minimum Gasteiger partial charge on any atom is -0.338 e. The van der Waals surface area contributed by atoms with Crippen LogP contribution in [-0.2, 0) is 0 Å². The number of aromatic amines is 1. The molecule has 0 radical (unpaired) electrons. The molecule has 0 saturated heterocycles. The zero-order valence-electron chi connectivity index (χ0n) is 14.1. The van der Waals surface area contributed by atoms with E-state index in [1.54, 1.807) is 18.2 Å². The monoisotopic (exact) mass is 359 g/mol. The van der Waals surface area contributed by atoms with Crippen molar-refractivity contribution in [3.63, 3.8) is 0 Å². The molecule has 1 unspecified atom stereocenters. The molecule has 2 aromatic heterocycles. The van der Waals surface area contributed by atoms with Gasteiger partial charge in [-0.1, -0.05) is 49.0 Å². The summed E-state index contributed by atoms with van der Waals surface area (Å²) in [4.78, 5) is 8.78. The van der Waals surface area contributed by atoms with Crippen LogP contribution in [0.4, 0.5) is 4.39 Å². The van der Waals surface area contributed by atoms with Gasteiger partial charge in [0, 0.05) is 5.92 Å². The summed E-state index contributed by atoms with van der Waals surface area (Å²) in [6, 6.07) is 6.22. The highest BCUT2D eigenvalue weighted by molar-refractivity contribution is 7.99. The van der Waals surface area contributed by atoms with Crippen LogP contribution in [0, 0.1) is 5.82 Å². The van der Waals surface area contributed by atoms with Crippen LogP contribution in [-0.4, -0.2) is 25.3 Å². The number of thioether (sulfide) groups is 1. The second-order valence-corrected chi connectivity index (χ2v) is 7.10. The third kappa shape index (κ3) is 4.54. The van der Waals surface area contributed by atoms with Gasteiger partial charge in [-0.3, -0.25) is 5.10 Å². The molecule has 25 heavy (non-hydrogen) atoms. The summed E-state index contributed by atoms with van der Waals surface area (Å²) in [5.74, 6) is 1.84. The molecule has 1 aromatic carbocycles. The van der Waals surface area contributed by atoms with Gasteiger partial charge in [0.05, 0.1) is 5.25 Å². The summed E-state index contributed by atoms with van der Waals surface area (Å²) in [6.45, 7) is 6.00. The summed E-state index contributed by atoms with van der Waals surface area (Å²) >= 11 is 1.43. The van der Waals surface area contributed by atoms with Crippen LogP contribution in [0.3, 0.4) is 0 Å². The Bertz CT molecular complexity index is 856. The number of aromatic nitrogens is 5. The lowest BCUT2D eigenvalue weighted by molar-refractivity contribution is 0.373. The van der Waals surface area contributed by atoms with Gasteiger partial charge >= 0.3 is 0 Å². The lowest BCUT2D eigenvalue weighted by atomic mass is 10.2. The van der Waals surface area contributed by atoms with Crippen LogP contribution in [0.2, 0.25) is 0 Å². The van der Waals surface area contributed by atoms with Gasteiger partial charge in [0.2, 0.25) is 11.0 Å². The van der Waals surface area contributed by atoms with E-state index in [1.807, 2.05) is 26.8 Å². The van der Waals surface area contributed by atoms with Gasteiger partial charge in [-0.15, -0.1) is 5.10 Å². The highest BCUT2D eigenvalue weighted by Crippen LogP contribution is 2.32. The third-order valence-electron chi connectivity index (χ3n) is 3.39. The SMILES string of the molecule is CC(C)c1noc(C(C)Sc2n[nH]c(C=Cc3ccc(F)cc3)n2)n1. The molecule has 6 nitrogen and oxygen atoms in total. The lowest BCUT2D eigenvalue weighted by Gasteiger charge is -2.01. The Morgan fingerprint density at radius 2 is 1.88 bits per heavy atom. The summed E-state index contributed by atoms with van der Waals surface area (Å²) < 4.78 is 18.2. The standard InChI is InChI=1S/C17H18FN5OS/c1-10(2)15-20-16(24-23-15)11(3)25-17-19-14(21-22-17)9-6-12-4-7-13(18)8-5-12/h4-11H,1-3H3,(H,19,21,22). The fraction of sp³-hybridized carbons (Fsp3) is 0.294. The molecule has 0 bridgehead atoms. The van der Waals surface area contributed by atoms with E-state index < -0.39 is 0 Å². The number of rotatable bonds is 6. The molecule has 130 valence electrons. The van der Waals surface area contributed by atoms with Gasteiger partial charge in [-0.2, -0.15) is 4.98 Å². The van der Waals surface area contributed by atoms with Crippen LogP contribution in [0.1, 0.15) is 55.0 Å². The topological polar surface area (TPSA) is 80.5 Å². The second-order valence-electron chi connectivity index (χ2n) is 5.79. The van der Waals surface area contributed by atoms with Gasteiger partial charge in [0.25, 0.3) is 0 Å². The maximum absolute atomic E-state index is 12.9. The maximum atomic E-state index is 12.9. The van der Waals surface area contributed by atoms with E-state index in [0.717, 1.165) is 5.56 Å². The van der Waals surface area contributed by atoms with Crippen LogP contribution in [0.15, 0.2) is 33.9 Å². The van der Waals surface area contributed by atoms with Crippen molar-refractivity contribution in [2.45, 2.75) is 37.1 Å². The molecule has 0 saturated carbocycles. The molecular weight excluding hydrogens is 341 g/mol. The fourth-order valence-electron chi connectivity index (χ4n) is 1.99. The first-order valence-electron chi connectivity index (χ1n) is 7.87. The maximum Gasteiger partial charge on any atom is 0.239 e. The molecule has 0 fully saturated rings. The third-order valence-corrected chi connectivity index (χ3v) is 4.34. The summed E-state index contributed by atoms with van der Waals surface area (Å²) in [6.07, 6.45) is 3.63. The van der Waals surface area contributed by atoms with Crippen LogP contribution >= 0.6 is 11.8 Å².